The zero-order valence-corrected chi connectivity index (χ0v) is 19.7. The lowest BCUT2D eigenvalue weighted by molar-refractivity contribution is -0.141. The van der Waals surface area contributed by atoms with Gasteiger partial charge < -0.3 is 10.2 Å². The molecule has 0 saturated heterocycles. The number of carbonyl (C=O) groups excluding carboxylic acids is 2. The number of carbonyl (C=O) groups is 2. The Morgan fingerprint density at radius 3 is 2.10 bits per heavy atom. The van der Waals surface area contributed by atoms with Crippen molar-refractivity contribution in [2.75, 3.05) is 0 Å². The first kappa shape index (κ1) is 24.5. The Labute approximate surface area is 193 Å². The van der Waals surface area contributed by atoms with Gasteiger partial charge in [0.25, 0.3) is 0 Å². The van der Waals surface area contributed by atoms with Crippen molar-refractivity contribution in [3.05, 3.63) is 68.7 Å². The lowest BCUT2D eigenvalue weighted by Crippen LogP contribution is -2.51. The first-order valence-electron chi connectivity index (χ1n) is 10.0. The fourth-order valence-corrected chi connectivity index (χ4v) is 3.74. The van der Waals surface area contributed by atoms with Crippen molar-refractivity contribution in [1.29, 1.82) is 0 Å². The third kappa shape index (κ3) is 6.63. The van der Waals surface area contributed by atoms with Gasteiger partial charge in [-0.05, 0) is 49.6 Å². The van der Waals surface area contributed by atoms with Gasteiger partial charge in [0.2, 0.25) is 11.8 Å². The van der Waals surface area contributed by atoms with Gasteiger partial charge in [0.1, 0.15) is 6.04 Å². The number of rotatable bonds is 9. The van der Waals surface area contributed by atoms with Gasteiger partial charge in [-0.1, -0.05) is 66.8 Å². The Kier molecular flexibility index (Phi) is 9.47. The second-order valence-electron chi connectivity index (χ2n) is 7.27. The lowest BCUT2D eigenvalue weighted by Gasteiger charge is -2.32. The van der Waals surface area contributed by atoms with Crippen molar-refractivity contribution in [2.24, 2.45) is 0 Å². The average Bonchev–Trinajstić information content (AvgIpc) is 2.71. The van der Waals surface area contributed by atoms with Crippen LogP contribution in [0.1, 0.15) is 44.7 Å². The van der Waals surface area contributed by atoms with E-state index in [4.69, 9.17) is 34.8 Å². The first-order chi connectivity index (χ1) is 14.3. The van der Waals surface area contributed by atoms with E-state index >= 15 is 0 Å². The fourth-order valence-electron chi connectivity index (χ4n) is 3.09. The number of amides is 2. The second-order valence-corrected chi connectivity index (χ2v) is 8.52. The van der Waals surface area contributed by atoms with Crippen molar-refractivity contribution in [3.63, 3.8) is 0 Å². The SMILES string of the molecule is CC[C@@H](C)NC(=O)[C@@H](CC)N(Cc1c(Cl)cccc1Cl)C(=O)Cc1ccc(Cl)cc1. The van der Waals surface area contributed by atoms with E-state index in [2.05, 4.69) is 5.32 Å². The third-order valence-electron chi connectivity index (χ3n) is 5.05. The van der Waals surface area contributed by atoms with Crippen LogP contribution in [0.25, 0.3) is 0 Å². The molecule has 30 heavy (non-hydrogen) atoms. The van der Waals surface area contributed by atoms with Crippen molar-refractivity contribution < 1.29 is 9.59 Å². The largest absolute Gasteiger partial charge is 0.352 e. The van der Waals surface area contributed by atoms with E-state index in [9.17, 15) is 9.59 Å². The Bertz CT molecular complexity index is 851. The molecular formula is C23H27Cl3N2O2. The predicted molar refractivity (Wildman–Crippen MR) is 124 cm³/mol. The van der Waals surface area contributed by atoms with Crippen LogP contribution in [0.4, 0.5) is 0 Å². The molecule has 0 unspecified atom stereocenters. The summed E-state index contributed by atoms with van der Waals surface area (Å²) in [4.78, 5) is 27.8. The second kappa shape index (κ2) is 11.6. The number of hydrogen-bond donors (Lipinski definition) is 1. The number of halogens is 3. The molecule has 2 rings (SSSR count). The quantitative estimate of drug-likeness (QED) is 0.496. The molecule has 0 aliphatic rings. The molecular weight excluding hydrogens is 443 g/mol. The smallest absolute Gasteiger partial charge is 0.243 e. The van der Waals surface area contributed by atoms with Crippen molar-refractivity contribution in [2.45, 2.75) is 58.7 Å². The van der Waals surface area contributed by atoms with E-state index in [1.165, 1.54) is 0 Å². The summed E-state index contributed by atoms with van der Waals surface area (Å²) in [7, 11) is 0. The summed E-state index contributed by atoms with van der Waals surface area (Å²) < 4.78 is 0. The molecule has 0 saturated carbocycles. The third-order valence-corrected chi connectivity index (χ3v) is 6.01. The lowest BCUT2D eigenvalue weighted by atomic mass is 10.1. The molecule has 0 aromatic heterocycles. The van der Waals surface area contributed by atoms with E-state index < -0.39 is 6.04 Å². The van der Waals surface area contributed by atoms with Crippen LogP contribution >= 0.6 is 34.8 Å². The molecule has 2 aromatic carbocycles. The van der Waals surface area contributed by atoms with E-state index in [1.807, 2.05) is 20.8 Å². The molecule has 1 N–H and O–H groups in total. The number of nitrogens with zero attached hydrogens (tertiary/aromatic N) is 1. The Hall–Kier alpha value is -1.75. The minimum Gasteiger partial charge on any atom is -0.352 e. The van der Waals surface area contributed by atoms with Gasteiger partial charge in [0.05, 0.1) is 6.42 Å². The van der Waals surface area contributed by atoms with E-state index in [0.29, 0.717) is 27.1 Å². The fraction of sp³-hybridized carbons (Fsp3) is 0.391. The van der Waals surface area contributed by atoms with Gasteiger partial charge in [-0.15, -0.1) is 0 Å². The van der Waals surface area contributed by atoms with Crippen LogP contribution < -0.4 is 5.32 Å². The Balaban J connectivity index is 2.35. The molecule has 7 heteroatoms. The summed E-state index contributed by atoms with van der Waals surface area (Å²) in [6.07, 6.45) is 1.42. The van der Waals surface area contributed by atoms with Crippen molar-refractivity contribution in [3.8, 4) is 0 Å². The van der Waals surface area contributed by atoms with Crippen LogP contribution in [-0.4, -0.2) is 28.8 Å². The summed E-state index contributed by atoms with van der Waals surface area (Å²) in [6.45, 7) is 5.98. The molecule has 2 amide bonds. The Morgan fingerprint density at radius 1 is 0.967 bits per heavy atom. The van der Waals surface area contributed by atoms with Crippen LogP contribution in [0.3, 0.4) is 0 Å². The van der Waals surface area contributed by atoms with Gasteiger partial charge in [-0.3, -0.25) is 9.59 Å². The number of benzene rings is 2. The van der Waals surface area contributed by atoms with Gasteiger partial charge in [-0.2, -0.15) is 0 Å². The van der Waals surface area contributed by atoms with E-state index in [1.54, 1.807) is 47.4 Å². The van der Waals surface area contributed by atoms with Gasteiger partial charge in [0.15, 0.2) is 0 Å². The van der Waals surface area contributed by atoms with Crippen LogP contribution in [0.2, 0.25) is 15.1 Å². The van der Waals surface area contributed by atoms with Gasteiger partial charge in [-0.25, -0.2) is 0 Å². The number of hydrogen-bond acceptors (Lipinski definition) is 2. The summed E-state index contributed by atoms with van der Waals surface area (Å²) in [5.74, 6) is -0.362. The zero-order chi connectivity index (χ0) is 22.3. The van der Waals surface area contributed by atoms with E-state index in [-0.39, 0.29) is 30.8 Å². The van der Waals surface area contributed by atoms with Crippen molar-refractivity contribution in [1.82, 2.24) is 10.2 Å². The summed E-state index contributed by atoms with van der Waals surface area (Å²) in [5, 5.41) is 4.51. The standard InChI is InChI=1S/C23H27Cl3N2O2/c1-4-15(3)27-23(30)21(5-2)28(14-18-19(25)7-6-8-20(18)26)22(29)13-16-9-11-17(24)12-10-16/h6-12,15,21H,4-5,13-14H2,1-3H3,(H,27,30)/t15-,21-/m1/s1. The average molecular weight is 470 g/mol. The predicted octanol–water partition coefficient (Wildman–Crippen LogP) is 5.91. The summed E-state index contributed by atoms with van der Waals surface area (Å²) in [5.41, 5.74) is 1.44. The molecule has 2 aromatic rings. The summed E-state index contributed by atoms with van der Waals surface area (Å²) in [6, 6.07) is 11.7. The molecule has 162 valence electrons. The van der Waals surface area contributed by atoms with Gasteiger partial charge in [0, 0.05) is 33.2 Å². The first-order valence-corrected chi connectivity index (χ1v) is 11.2. The monoisotopic (exact) mass is 468 g/mol. The highest BCUT2D eigenvalue weighted by atomic mass is 35.5. The molecule has 4 nitrogen and oxygen atoms in total. The van der Waals surface area contributed by atoms with E-state index in [0.717, 1.165) is 12.0 Å². The molecule has 2 atom stereocenters. The maximum Gasteiger partial charge on any atom is 0.243 e. The summed E-state index contributed by atoms with van der Waals surface area (Å²) >= 11 is 18.7. The maximum absolute atomic E-state index is 13.3. The minimum absolute atomic E-state index is 0.0173. The van der Waals surface area contributed by atoms with Crippen molar-refractivity contribution >= 4 is 46.6 Å². The zero-order valence-electron chi connectivity index (χ0n) is 17.4. The van der Waals surface area contributed by atoms with Crippen LogP contribution in [0, 0.1) is 0 Å². The van der Waals surface area contributed by atoms with Crippen LogP contribution in [0.5, 0.6) is 0 Å². The molecule has 0 radical (unpaired) electrons. The highest BCUT2D eigenvalue weighted by Crippen LogP contribution is 2.27. The topological polar surface area (TPSA) is 49.4 Å². The molecule has 0 bridgehead atoms. The Morgan fingerprint density at radius 2 is 1.57 bits per heavy atom. The normalized spacial score (nSPS) is 12.9. The van der Waals surface area contributed by atoms with Crippen LogP contribution in [-0.2, 0) is 22.6 Å². The highest BCUT2D eigenvalue weighted by molar-refractivity contribution is 6.36. The maximum atomic E-state index is 13.3. The van der Waals surface area contributed by atoms with Crippen LogP contribution in [0.15, 0.2) is 42.5 Å². The number of nitrogens with one attached hydrogen (secondary N) is 1. The molecule has 0 fully saturated rings. The highest BCUT2D eigenvalue weighted by Gasteiger charge is 2.30. The molecule has 0 aliphatic heterocycles. The molecule has 0 spiro atoms. The molecule has 0 aliphatic carbocycles. The molecule has 0 heterocycles. The van der Waals surface area contributed by atoms with Gasteiger partial charge >= 0.3 is 0 Å². The minimum atomic E-state index is -0.633.